The van der Waals surface area contributed by atoms with Crippen molar-refractivity contribution in [2.45, 2.75) is 19.1 Å². The molecule has 0 aliphatic heterocycles. The van der Waals surface area contributed by atoms with E-state index in [2.05, 4.69) is 0 Å². The summed E-state index contributed by atoms with van der Waals surface area (Å²) in [5.41, 5.74) is 15.3. The molecule has 0 aromatic rings. The predicted octanol–water partition coefficient (Wildman–Crippen LogP) is -1.07. The summed E-state index contributed by atoms with van der Waals surface area (Å²) >= 11 is 0. The Labute approximate surface area is 37.5 Å². The fourth-order valence-corrected chi connectivity index (χ4v) is 0. The molecule has 3 heteroatoms. The van der Waals surface area contributed by atoms with Crippen LogP contribution in [0.2, 0.25) is 0 Å². The Morgan fingerprint density at radius 1 is 1.33 bits per heavy atom. The third kappa shape index (κ3) is 3.88. The van der Waals surface area contributed by atoms with Gasteiger partial charge in [-0.1, -0.05) is 6.92 Å². The topological polar surface area (TPSA) is 78.1 Å². The van der Waals surface area contributed by atoms with Crippen molar-refractivity contribution < 1.29 is 0 Å². The first-order valence-corrected chi connectivity index (χ1v) is 1.93. The lowest BCUT2D eigenvalue weighted by atomic mass is 10.3. The van der Waals surface area contributed by atoms with Gasteiger partial charge in [-0.2, -0.15) is 0 Å². The third-order valence-electron chi connectivity index (χ3n) is 0.612. The van der Waals surface area contributed by atoms with Crippen molar-refractivity contribution in [1.82, 2.24) is 0 Å². The van der Waals surface area contributed by atoms with Crippen LogP contribution in [-0.2, 0) is 0 Å². The molecule has 38 valence electrons. The Hall–Kier alpha value is -0.120. The number of hydrogen-bond acceptors (Lipinski definition) is 3. The Bertz CT molecular complexity index is 35.8. The summed E-state index contributed by atoms with van der Waals surface area (Å²) in [5.74, 6) is -0.958. The van der Waals surface area contributed by atoms with Crippen molar-refractivity contribution in [2.75, 3.05) is 0 Å². The van der Waals surface area contributed by atoms with Crippen molar-refractivity contribution in [3.63, 3.8) is 0 Å². The van der Waals surface area contributed by atoms with Crippen LogP contribution in [0.25, 0.3) is 0 Å². The Morgan fingerprint density at radius 3 is 1.50 bits per heavy atom. The molecule has 0 aliphatic carbocycles. The van der Waals surface area contributed by atoms with Crippen molar-refractivity contribution in [3.05, 3.63) is 0 Å². The maximum Gasteiger partial charge on any atom is 0.115 e. The molecule has 0 saturated carbocycles. The molecular weight excluding hydrogens is 78.1 g/mol. The normalized spacial score (nSPS) is 12.0. The van der Waals surface area contributed by atoms with Crippen LogP contribution in [0.3, 0.4) is 0 Å². The molecule has 0 heterocycles. The van der Waals surface area contributed by atoms with E-state index in [0.717, 1.165) is 0 Å². The van der Waals surface area contributed by atoms with Gasteiger partial charge in [0.2, 0.25) is 0 Å². The molecule has 3 nitrogen and oxygen atoms in total. The maximum atomic E-state index is 5.09. The van der Waals surface area contributed by atoms with Gasteiger partial charge in [-0.3, -0.25) is 0 Å². The molecular formula is C3H11N3. The fraction of sp³-hybridized carbons (Fsp3) is 1.00. The first-order chi connectivity index (χ1) is 2.56. The zero-order valence-electron chi connectivity index (χ0n) is 3.94. The van der Waals surface area contributed by atoms with Crippen molar-refractivity contribution in [1.29, 1.82) is 0 Å². The molecule has 0 aromatic carbocycles. The van der Waals surface area contributed by atoms with Gasteiger partial charge in [-0.25, -0.2) is 0 Å². The van der Waals surface area contributed by atoms with Gasteiger partial charge in [-0.15, -0.1) is 0 Å². The lowest BCUT2D eigenvalue weighted by Crippen LogP contribution is -2.57. The fourth-order valence-electron chi connectivity index (χ4n) is 0. The summed E-state index contributed by atoms with van der Waals surface area (Å²) in [6.07, 6.45) is 0.604. The second kappa shape index (κ2) is 1.55. The summed E-state index contributed by atoms with van der Waals surface area (Å²) in [5, 5.41) is 0. The van der Waals surface area contributed by atoms with E-state index in [0.29, 0.717) is 6.42 Å². The van der Waals surface area contributed by atoms with Crippen LogP contribution in [-0.4, -0.2) is 5.79 Å². The molecule has 0 fully saturated rings. The molecule has 0 atom stereocenters. The van der Waals surface area contributed by atoms with Crippen LogP contribution in [0.4, 0.5) is 0 Å². The van der Waals surface area contributed by atoms with Crippen LogP contribution in [0, 0.1) is 0 Å². The minimum absolute atomic E-state index is 0.604. The highest BCUT2D eigenvalue weighted by atomic mass is 15.1. The van der Waals surface area contributed by atoms with Crippen LogP contribution < -0.4 is 17.2 Å². The van der Waals surface area contributed by atoms with E-state index >= 15 is 0 Å². The summed E-state index contributed by atoms with van der Waals surface area (Å²) < 4.78 is 0. The average molecular weight is 89.1 g/mol. The van der Waals surface area contributed by atoms with E-state index in [9.17, 15) is 0 Å². The predicted molar refractivity (Wildman–Crippen MR) is 25.6 cm³/mol. The lowest BCUT2D eigenvalue weighted by molar-refractivity contribution is 0.446. The second-order valence-electron chi connectivity index (χ2n) is 1.47. The van der Waals surface area contributed by atoms with Gasteiger partial charge in [0.25, 0.3) is 0 Å². The molecule has 0 aromatic heterocycles. The lowest BCUT2D eigenvalue weighted by Gasteiger charge is -2.13. The van der Waals surface area contributed by atoms with E-state index in [1.54, 1.807) is 0 Å². The largest absolute Gasteiger partial charge is 0.301 e. The molecule has 0 saturated heterocycles. The molecule has 0 amide bonds. The monoisotopic (exact) mass is 89.1 g/mol. The first kappa shape index (κ1) is 5.88. The Morgan fingerprint density at radius 2 is 1.50 bits per heavy atom. The highest BCUT2D eigenvalue weighted by molar-refractivity contribution is 4.62. The van der Waals surface area contributed by atoms with E-state index < -0.39 is 5.79 Å². The van der Waals surface area contributed by atoms with E-state index in [4.69, 9.17) is 17.2 Å². The van der Waals surface area contributed by atoms with Crippen LogP contribution in [0.15, 0.2) is 0 Å². The van der Waals surface area contributed by atoms with Gasteiger partial charge in [0, 0.05) is 0 Å². The van der Waals surface area contributed by atoms with Gasteiger partial charge in [-0.05, 0) is 6.42 Å². The van der Waals surface area contributed by atoms with Crippen LogP contribution in [0.5, 0.6) is 0 Å². The first-order valence-electron chi connectivity index (χ1n) is 1.93. The van der Waals surface area contributed by atoms with Gasteiger partial charge in [0.1, 0.15) is 5.79 Å². The third-order valence-corrected chi connectivity index (χ3v) is 0.612. The standard InChI is InChI=1S/C3H11N3/c1-2-3(4,5)6/h2,4-6H2,1H3. The van der Waals surface area contributed by atoms with Gasteiger partial charge in [0.05, 0.1) is 0 Å². The van der Waals surface area contributed by atoms with Gasteiger partial charge >= 0.3 is 0 Å². The maximum absolute atomic E-state index is 5.09. The molecule has 0 rings (SSSR count). The average Bonchev–Trinajstić information content (AvgIpc) is 1.35. The highest BCUT2D eigenvalue weighted by Crippen LogP contribution is 1.81. The second-order valence-corrected chi connectivity index (χ2v) is 1.47. The molecule has 0 bridgehead atoms. The zero-order valence-corrected chi connectivity index (χ0v) is 3.94. The van der Waals surface area contributed by atoms with Crippen molar-refractivity contribution >= 4 is 0 Å². The minimum Gasteiger partial charge on any atom is -0.301 e. The summed E-state index contributed by atoms with van der Waals surface area (Å²) in [6, 6.07) is 0. The SMILES string of the molecule is CCC(N)(N)N. The smallest absolute Gasteiger partial charge is 0.115 e. The number of nitrogens with two attached hydrogens (primary N) is 3. The zero-order chi connectivity index (χ0) is 5.21. The summed E-state index contributed by atoms with van der Waals surface area (Å²) in [7, 11) is 0. The Balaban J connectivity index is 3.17. The Kier molecular flexibility index (Phi) is 1.52. The van der Waals surface area contributed by atoms with E-state index in [1.165, 1.54) is 0 Å². The minimum atomic E-state index is -0.958. The van der Waals surface area contributed by atoms with Gasteiger partial charge in [0.15, 0.2) is 0 Å². The van der Waals surface area contributed by atoms with Crippen LogP contribution >= 0.6 is 0 Å². The van der Waals surface area contributed by atoms with Gasteiger partial charge < -0.3 is 17.2 Å². The molecule has 0 spiro atoms. The number of rotatable bonds is 1. The number of hydrogen-bond donors (Lipinski definition) is 3. The molecule has 0 unspecified atom stereocenters. The van der Waals surface area contributed by atoms with Crippen molar-refractivity contribution in [3.8, 4) is 0 Å². The quantitative estimate of drug-likeness (QED) is 0.358. The van der Waals surface area contributed by atoms with E-state index in [1.807, 2.05) is 6.92 Å². The summed E-state index contributed by atoms with van der Waals surface area (Å²) in [4.78, 5) is 0. The van der Waals surface area contributed by atoms with Crippen LogP contribution in [0.1, 0.15) is 13.3 Å². The molecule has 6 heavy (non-hydrogen) atoms. The molecule has 0 radical (unpaired) electrons. The molecule has 0 aliphatic rings. The summed E-state index contributed by atoms with van der Waals surface area (Å²) in [6.45, 7) is 1.83. The van der Waals surface area contributed by atoms with Crippen molar-refractivity contribution in [2.24, 2.45) is 17.2 Å². The van der Waals surface area contributed by atoms with E-state index in [-0.39, 0.29) is 0 Å². The molecule has 6 N–H and O–H groups in total. The highest BCUT2D eigenvalue weighted by Gasteiger charge is 2.04.